The number of carbonyl (C=O) groups is 2. The molecule has 4 N–H and O–H groups in total. The lowest BCUT2D eigenvalue weighted by Gasteiger charge is -2.32. The van der Waals surface area contributed by atoms with E-state index in [0.29, 0.717) is 12.2 Å². The largest absolute Gasteiger partial charge is 0.478 e. The van der Waals surface area contributed by atoms with Crippen LogP contribution in [0.15, 0.2) is 58.5 Å². The number of benzene rings is 2. The molecule has 4 aliphatic rings. The van der Waals surface area contributed by atoms with Crippen molar-refractivity contribution in [2.75, 3.05) is 26.2 Å². The van der Waals surface area contributed by atoms with E-state index in [2.05, 4.69) is 84.7 Å². The van der Waals surface area contributed by atoms with Crippen LogP contribution in [0.4, 0.5) is 0 Å². The molecular weight excluding hydrogens is 560 g/mol. The number of hydrogen-bond donors (Lipinski definition) is 4. The number of nitrogens with one attached hydrogen (secondary N) is 2. The van der Waals surface area contributed by atoms with E-state index in [1.807, 2.05) is 0 Å². The first kappa shape index (κ1) is 32.9. The van der Waals surface area contributed by atoms with Crippen molar-refractivity contribution in [1.82, 2.24) is 10.6 Å². The van der Waals surface area contributed by atoms with Crippen LogP contribution in [0, 0.1) is 0 Å². The highest BCUT2D eigenvalue weighted by Crippen LogP contribution is 2.34. The van der Waals surface area contributed by atoms with Crippen LogP contribution in [0.3, 0.4) is 0 Å². The lowest BCUT2D eigenvalue weighted by Crippen LogP contribution is -2.34. The van der Waals surface area contributed by atoms with Crippen LogP contribution in [0.5, 0.6) is 0 Å². The van der Waals surface area contributed by atoms with Crippen LogP contribution in [0.1, 0.15) is 73.3 Å². The lowest BCUT2D eigenvalue weighted by molar-refractivity contribution is -0.134. The first-order chi connectivity index (χ1) is 21.2. The van der Waals surface area contributed by atoms with Gasteiger partial charge in [0, 0.05) is 25.2 Å². The molecule has 0 saturated carbocycles. The molecule has 0 bridgehead atoms. The Morgan fingerprint density at radius 1 is 0.773 bits per heavy atom. The van der Waals surface area contributed by atoms with Gasteiger partial charge < -0.3 is 30.3 Å². The minimum atomic E-state index is -1.26. The summed E-state index contributed by atoms with van der Waals surface area (Å²) in [6.45, 7) is 12.3. The standard InChI is InChI=1S/2C15H20N2O.C4H4O4/c2*1-3-11-5-4-6-12-13(11)9-10(2)18-14(12)15-16-7-8-17-15;5-3(6)1-2-4(7)8/h2*4-6,10,14H,3,7-9H2,1-2H3,(H,16,17);1-2H,(H,5,6)(H,7,8)/b;;2-1+/t2*10-,14?;/m11./s1. The van der Waals surface area contributed by atoms with E-state index in [1.54, 1.807) is 0 Å². The van der Waals surface area contributed by atoms with E-state index in [-0.39, 0.29) is 24.4 Å². The average molecular weight is 605 g/mol. The molecule has 0 radical (unpaired) electrons. The molecule has 6 rings (SSSR count). The Labute approximate surface area is 259 Å². The Kier molecular flexibility index (Phi) is 11.7. The molecule has 44 heavy (non-hydrogen) atoms. The van der Waals surface area contributed by atoms with Crippen molar-refractivity contribution in [1.29, 1.82) is 0 Å². The van der Waals surface area contributed by atoms with Gasteiger partial charge in [-0.25, -0.2) is 9.59 Å². The van der Waals surface area contributed by atoms with Gasteiger partial charge in [-0.1, -0.05) is 50.2 Å². The van der Waals surface area contributed by atoms with Gasteiger partial charge in [0.05, 0.1) is 25.3 Å². The topological polar surface area (TPSA) is 142 Å². The highest BCUT2D eigenvalue weighted by molar-refractivity contribution is 5.90. The molecule has 0 fully saturated rings. The molecule has 10 nitrogen and oxygen atoms in total. The number of amidine groups is 2. The number of nitrogens with zero attached hydrogens (tertiary/aromatic N) is 2. The number of hydrogen-bond acceptors (Lipinski definition) is 8. The monoisotopic (exact) mass is 604 g/mol. The molecule has 2 unspecified atom stereocenters. The van der Waals surface area contributed by atoms with E-state index < -0.39 is 11.9 Å². The normalized spacial score (nSPS) is 23.4. The number of carboxylic acids is 2. The molecule has 4 atom stereocenters. The van der Waals surface area contributed by atoms with Gasteiger partial charge in [0.2, 0.25) is 0 Å². The number of carboxylic acid groups (broad SMARTS) is 2. The second-order valence-corrected chi connectivity index (χ2v) is 11.1. The molecule has 2 aromatic rings. The van der Waals surface area contributed by atoms with Crippen LogP contribution < -0.4 is 10.6 Å². The third kappa shape index (κ3) is 8.33. The average Bonchev–Trinajstić information content (AvgIpc) is 3.75. The molecule has 0 aromatic heterocycles. The van der Waals surface area contributed by atoms with Crippen molar-refractivity contribution in [2.24, 2.45) is 9.98 Å². The second-order valence-electron chi connectivity index (χ2n) is 11.1. The van der Waals surface area contributed by atoms with Crippen molar-refractivity contribution >= 4 is 23.6 Å². The number of aryl methyl sites for hydroxylation is 2. The summed E-state index contributed by atoms with van der Waals surface area (Å²) in [6.07, 6.45) is 5.87. The zero-order valence-corrected chi connectivity index (χ0v) is 26.0. The maximum Gasteiger partial charge on any atom is 0.328 e. The van der Waals surface area contributed by atoms with E-state index in [1.165, 1.54) is 33.4 Å². The Morgan fingerprint density at radius 2 is 1.18 bits per heavy atom. The molecule has 0 amide bonds. The Bertz CT molecular complexity index is 1310. The molecule has 4 heterocycles. The quantitative estimate of drug-likeness (QED) is 0.359. The summed E-state index contributed by atoms with van der Waals surface area (Å²) in [7, 11) is 0. The van der Waals surface area contributed by atoms with Gasteiger partial charge >= 0.3 is 11.9 Å². The van der Waals surface area contributed by atoms with Gasteiger partial charge in [-0.2, -0.15) is 0 Å². The molecule has 0 aliphatic carbocycles. The van der Waals surface area contributed by atoms with Crippen LogP contribution in [-0.2, 0) is 44.7 Å². The molecule has 10 heteroatoms. The number of ether oxygens (including phenoxy) is 2. The second kappa shape index (κ2) is 15.6. The van der Waals surface area contributed by atoms with Crippen molar-refractivity contribution in [2.45, 2.75) is 77.8 Å². The van der Waals surface area contributed by atoms with E-state index >= 15 is 0 Å². The van der Waals surface area contributed by atoms with Gasteiger partial charge in [-0.15, -0.1) is 0 Å². The van der Waals surface area contributed by atoms with Crippen molar-refractivity contribution in [3.05, 3.63) is 81.9 Å². The Morgan fingerprint density at radius 3 is 1.50 bits per heavy atom. The summed E-state index contributed by atoms with van der Waals surface area (Å²) in [5.74, 6) is -0.494. The third-order valence-corrected chi connectivity index (χ3v) is 7.93. The summed E-state index contributed by atoms with van der Waals surface area (Å²) in [5.41, 5.74) is 8.46. The SMILES string of the molecule is CCc1cccc2c1C[C@@H](C)OC2C1=NCCN1.CCc1cccc2c1C[C@@H](C)OC2C1=NCCN1.O=C(O)/C=C/C(=O)O. The molecular formula is C34H44N4O6. The third-order valence-electron chi connectivity index (χ3n) is 7.93. The Balaban J connectivity index is 0.000000163. The molecule has 0 spiro atoms. The summed E-state index contributed by atoms with van der Waals surface area (Å²) >= 11 is 0. The Hall–Kier alpha value is -4.02. The number of rotatable bonds is 6. The predicted molar refractivity (Wildman–Crippen MR) is 171 cm³/mol. The first-order valence-electron chi connectivity index (χ1n) is 15.4. The van der Waals surface area contributed by atoms with Crippen LogP contribution in [-0.4, -0.2) is 72.2 Å². The summed E-state index contributed by atoms with van der Waals surface area (Å²) in [6, 6.07) is 13.1. The van der Waals surface area contributed by atoms with Crippen molar-refractivity contribution < 1.29 is 29.3 Å². The van der Waals surface area contributed by atoms with Crippen molar-refractivity contribution in [3.63, 3.8) is 0 Å². The molecule has 0 saturated heterocycles. The maximum absolute atomic E-state index is 9.55. The predicted octanol–water partition coefficient (Wildman–Crippen LogP) is 4.22. The van der Waals surface area contributed by atoms with E-state index in [9.17, 15) is 9.59 Å². The number of fused-ring (bicyclic) bond motifs is 2. The van der Waals surface area contributed by atoms with Gasteiger partial charge in [0.15, 0.2) is 0 Å². The van der Waals surface area contributed by atoms with E-state index in [4.69, 9.17) is 19.7 Å². The zero-order chi connectivity index (χ0) is 31.6. The lowest BCUT2D eigenvalue weighted by atomic mass is 9.89. The van der Waals surface area contributed by atoms with Crippen molar-refractivity contribution in [3.8, 4) is 0 Å². The minimum Gasteiger partial charge on any atom is -0.478 e. The van der Waals surface area contributed by atoms with E-state index in [0.717, 1.165) is 63.5 Å². The van der Waals surface area contributed by atoms with Crippen LogP contribution >= 0.6 is 0 Å². The minimum absolute atomic E-state index is 0.0118. The van der Waals surface area contributed by atoms with Gasteiger partial charge in [0.25, 0.3) is 0 Å². The summed E-state index contributed by atoms with van der Waals surface area (Å²) in [4.78, 5) is 28.2. The maximum atomic E-state index is 9.55. The first-order valence-corrected chi connectivity index (χ1v) is 15.4. The molecule has 2 aromatic carbocycles. The van der Waals surface area contributed by atoms with Crippen LogP contribution in [0.2, 0.25) is 0 Å². The zero-order valence-electron chi connectivity index (χ0n) is 26.0. The highest BCUT2D eigenvalue weighted by Gasteiger charge is 2.32. The van der Waals surface area contributed by atoms with Crippen LogP contribution in [0.25, 0.3) is 0 Å². The fourth-order valence-corrected chi connectivity index (χ4v) is 5.99. The number of aliphatic imine (C=N–C) groups is 2. The highest BCUT2D eigenvalue weighted by atomic mass is 16.5. The summed E-state index contributed by atoms with van der Waals surface area (Å²) < 4.78 is 12.2. The smallest absolute Gasteiger partial charge is 0.328 e. The molecule has 4 aliphatic heterocycles. The fourth-order valence-electron chi connectivity index (χ4n) is 5.99. The van der Waals surface area contributed by atoms with Gasteiger partial charge in [-0.3, -0.25) is 9.98 Å². The fraction of sp³-hybridized carbons (Fsp3) is 0.471. The van der Waals surface area contributed by atoms with Gasteiger partial charge in [0.1, 0.15) is 23.9 Å². The summed E-state index contributed by atoms with van der Waals surface area (Å²) in [5, 5.41) is 22.3. The number of aliphatic carboxylic acids is 2. The molecule has 236 valence electrons. The van der Waals surface area contributed by atoms with Gasteiger partial charge in [-0.05, 0) is 72.9 Å².